The lowest BCUT2D eigenvalue weighted by molar-refractivity contribution is 0.102. The fourth-order valence-corrected chi connectivity index (χ4v) is 3.84. The van der Waals surface area contributed by atoms with Crippen molar-refractivity contribution in [3.05, 3.63) is 83.7 Å². The molecule has 0 spiro atoms. The summed E-state index contributed by atoms with van der Waals surface area (Å²) in [7, 11) is -0.987. The fraction of sp³-hybridized carbons (Fsp3) is 0.0952. The summed E-state index contributed by atoms with van der Waals surface area (Å²) in [6.45, 7) is 0. The van der Waals surface area contributed by atoms with Crippen molar-refractivity contribution in [1.29, 1.82) is 0 Å². The number of anilines is 3. The van der Waals surface area contributed by atoms with E-state index in [1.165, 1.54) is 55.4 Å². The van der Waals surface area contributed by atoms with Gasteiger partial charge in [0.05, 0.1) is 4.90 Å². The van der Waals surface area contributed by atoms with E-state index in [1.807, 2.05) is 0 Å². The molecule has 0 radical (unpaired) electrons. The van der Waals surface area contributed by atoms with Crippen LogP contribution in [0.2, 0.25) is 0 Å². The van der Waals surface area contributed by atoms with E-state index in [9.17, 15) is 26.4 Å². The van der Waals surface area contributed by atoms with E-state index >= 15 is 0 Å². The van der Waals surface area contributed by atoms with Crippen molar-refractivity contribution in [2.45, 2.75) is 4.90 Å². The van der Waals surface area contributed by atoms with Crippen molar-refractivity contribution in [3.8, 4) is 0 Å². The number of nitrogens with zero attached hydrogens (tertiary/aromatic N) is 1. The Morgan fingerprint density at radius 1 is 0.839 bits per heavy atom. The van der Waals surface area contributed by atoms with Crippen LogP contribution in [-0.2, 0) is 10.0 Å². The lowest BCUT2D eigenvalue weighted by atomic mass is 10.2. The lowest BCUT2D eigenvalue weighted by Gasteiger charge is -2.16. The first kappa shape index (κ1) is 22.2. The maximum absolute atomic E-state index is 14.1. The fourth-order valence-electron chi connectivity index (χ4n) is 2.79. The van der Waals surface area contributed by atoms with Gasteiger partial charge >= 0.3 is 0 Å². The molecule has 0 bridgehead atoms. The van der Waals surface area contributed by atoms with Crippen LogP contribution in [-0.4, -0.2) is 28.4 Å². The molecule has 0 atom stereocenters. The first-order chi connectivity index (χ1) is 14.6. The minimum absolute atomic E-state index is 0.0817. The Kier molecular flexibility index (Phi) is 6.21. The second-order valence-corrected chi connectivity index (χ2v) is 8.46. The highest BCUT2D eigenvalue weighted by Crippen LogP contribution is 2.26. The molecule has 10 heteroatoms. The van der Waals surface area contributed by atoms with Gasteiger partial charge in [-0.3, -0.25) is 9.52 Å². The van der Waals surface area contributed by atoms with Crippen LogP contribution in [0, 0.1) is 17.5 Å². The molecule has 3 aromatic carbocycles. The summed E-state index contributed by atoms with van der Waals surface area (Å²) >= 11 is 0. The van der Waals surface area contributed by atoms with E-state index in [0.29, 0.717) is 0 Å². The first-order valence-electron chi connectivity index (χ1n) is 8.93. The predicted molar refractivity (Wildman–Crippen MR) is 112 cm³/mol. The van der Waals surface area contributed by atoms with Gasteiger partial charge in [0, 0.05) is 31.0 Å². The second-order valence-electron chi connectivity index (χ2n) is 6.77. The summed E-state index contributed by atoms with van der Waals surface area (Å²) in [6, 6.07) is 11.7. The Morgan fingerprint density at radius 2 is 1.39 bits per heavy atom. The van der Waals surface area contributed by atoms with E-state index in [0.717, 1.165) is 24.3 Å². The molecule has 0 fully saturated rings. The van der Waals surface area contributed by atoms with E-state index in [-0.39, 0.29) is 27.5 Å². The number of halogens is 3. The first-order valence-corrected chi connectivity index (χ1v) is 10.4. The number of amides is 1. The minimum atomic E-state index is -3.96. The summed E-state index contributed by atoms with van der Waals surface area (Å²) in [5.41, 5.74) is -0.0619. The number of benzene rings is 3. The summed E-state index contributed by atoms with van der Waals surface area (Å²) in [6.07, 6.45) is 0. The Balaban J connectivity index is 1.75. The molecule has 1 amide bonds. The van der Waals surface area contributed by atoms with Gasteiger partial charge in [0.25, 0.3) is 15.9 Å². The smallest absolute Gasteiger partial charge is 0.261 e. The van der Waals surface area contributed by atoms with Crippen LogP contribution in [0.3, 0.4) is 0 Å². The number of hydrogen-bond acceptors (Lipinski definition) is 4. The Bertz CT molecular complexity index is 1190. The summed E-state index contributed by atoms with van der Waals surface area (Å²) < 4.78 is 68.3. The van der Waals surface area contributed by atoms with Crippen LogP contribution < -0.4 is 14.9 Å². The largest absolute Gasteiger partial charge is 0.373 e. The molecular weight excluding hydrogens is 431 g/mol. The zero-order chi connectivity index (χ0) is 22.8. The molecule has 0 aliphatic rings. The number of carbonyl (C=O) groups excluding carboxylic acids is 1. The van der Waals surface area contributed by atoms with Gasteiger partial charge in [-0.25, -0.2) is 21.6 Å². The van der Waals surface area contributed by atoms with Gasteiger partial charge < -0.3 is 10.2 Å². The molecular formula is C21H18F3N3O3S. The Hall–Kier alpha value is -3.53. The van der Waals surface area contributed by atoms with Crippen molar-refractivity contribution < 1.29 is 26.4 Å². The molecule has 0 aliphatic carbocycles. The molecule has 0 heterocycles. The van der Waals surface area contributed by atoms with Crippen molar-refractivity contribution in [1.82, 2.24) is 0 Å². The lowest BCUT2D eigenvalue weighted by Crippen LogP contribution is -2.16. The highest BCUT2D eigenvalue weighted by molar-refractivity contribution is 7.92. The molecule has 0 saturated carbocycles. The molecule has 162 valence electrons. The maximum atomic E-state index is 14.1. The van der Waals surface area contributed by atoms with Crippen LogP contribution >= 0.6 is 0 Å². The Morgan fingerprint density at radius 3 is 1.90 bits per heavy atom. The topological polar surface area (TPSA) is 78.5 Å². The minimum Gasteiger partial charge on any atom is -0.373 e. The third kappa shape index (κ3) is 5.15. The van der Waals surface area contributed by atoms with Gasteiger partial charge in [-0.2, -0.15) is 0 Å². The number of nitrogens with one attached hydrogen (secondary N) is 2. The van der Waals surface area contributed by atoms with Gasteiger partial charge in [-0.15, -0.1) is 0 Å². The predicted octanol–water partition coefficient (Wildman–Crippen LogP) is 4.22. The number of carbonyl (C=O) groups is 1. The molecule has 0 aliphatic heterocycles. The van der Waals surface area contributed by atoms with Crippen LogP contribution in [0.4, 0.5) is 30.2 Å². The van der Waals surface area contributed by atoms with Gasteiger partial charge in [0.2, 0.25) is 0 Å². The summed E-state index contributed by atoms with van der Waals surface area (Å²) in [5.74, 6) is -2.86. The SMILES string of the molecule is CN(C)c1c(F)cc(NC(=O)c2ccc(S(=O)(=O)Nc3ccc(F)cc3)cc2)cc1F. The van der Waals surface area contributed by atoms with Crippen molar-refractivity contribution in [2.75, 3.05) is 29.0 Å². The van der Waals surface area contributed by atoms with E-state index < -0.39 is 33.4 Å². The normalized spacial score (nSPS) is 11.1. The van der Waals surface area contributed by atoms with Crippen LogP contribution in [0.15, 0.2) is 65.6 Å². The van der Waals surface area contributed by atoms with Gasteiger partial charge in [0.1, 0.15) is 11.5 Å². The molecule has 31 heavy (non-hydrogen) atoms. The number of sulfonamides is 1. The zero-order valence-electron chi connectivity index (χ0n) is 16.5. The molecule has 2 N–H and O–H groups in total. The van der Waals surface area contributed by atoms with E-state index in [4.69, 9.17) is 0 Å². The quantitative estimate of drug-likeness (QED) is 0.591. The summed E-state index contributed by atoms with van der Waals surface area (Å²) in [5, 5.41) is 2.37. The third-order valence-electron chi connectivity index (χ3n) is 4.25. The zero-order valence-corrected chi connectivity index (χ0v) is 17.3. The van der Waals surface area contributed by atoms with Crippen LogP contribution in [0.25, 0.3) is 0 Å². The average molecular weight is 449 g/mol. The highest BCUT2D eigenvalue weighted by atomic mass is 32.2. The molecule has 0 saturated heterocycles. The average Bonchev–Trinajstić information content (AvgIpc) is 2.69. The van der Waals surface area contributed by atoms with E-state index in [2.05, 4.69) is 10.0 Å². The molecule has 3 rings (SSSR count). The van der Waals surface area contributed by atoms with Gasteiger partial charge in [-0.1, -0.05) is 0 Å². The second kappa shape index (κ2) is 8.68. The molecule has 3 aromatic rings. The monoisotopic (exact) mass is 449 g/mol. The van der Waals surface area contributed by atoms with E-state index in [1.54, 1.807) is 0 Å². The highest BCUT2D eigenvalue weighted by Gasteiger charge is 2.17. The molecule has 0 aromatic heterocycles. The van der Waals surface area contributed by atoms with Crippen LogP contribution in [0.5, 0.6) is 0 Å². The third-order valence-corrected chi connectivity index (χ3v) is 5.64. The molecule has 0 unspecified atom stereocenters. The summed E-state index contributed by atoms with van der Waals surface area (Å²) in [4.78, 5) is 13.5. The van der Waals surface area contributed by atoms with Crippen molar-refractivity contribution >= 4 is 33.0 Å². The van der Waals surface area contributed by atoms with Gasteiger partial charge in [0.15, 0.2) is 11.6 Å². The number of rotatable bonds is 6. The maximum Gasteiger partial charge on any atom is 0.261 e. The van der Waals surface area contributed by atoms with Crippen LogP contribution in [0.1, 0.15) is 10.4 Å². The molecule has 6 nitrogen and oxygen atoms in total. The van der Waals surface area contributed by atoms with Gasteiger partial charge in [-0.05, 0) is 60.7 Å². The standard InChI is InChI=1S/C21H18F3N3O3S/c1-27(2)20-18(23)11-16(12-19(20)24)25-21(28)13-3-9-17(10-4-13)31(29,30)26-15-7-5-14(22)6-8-15/h3-12,26H,1-2H3,(H,25,28). The van der Waals surface area contributed by atoms with Crippen molar-refractivity contribution in [2.24, 2.45) is 0 Å². The Labute approximate surface area is 177 Å². The number of hydrogen-bond donors (Lipinski definition) is 2. The van der Waals surface area contributed by atoms with Crippen molar-refractivity contribution in [3.63, 3.8) is 0 Å².